The van der Waals surface area contributed by atoms with E-state index in [0.29, 0.717) is 0 Å². The van der Waals surface area contributed by atoms with Gasteiger partial charge in [0.2, 0.25) is 0 Å². The average molecular weight is 459 g/mol. The van der Waals surface area contributed by atoms with Crippen molar-refractivity contribution in [3.8, 4) is 17.4 Å². The van der Waals surface area contributed by atoms with Crippen molar-refractivity contribution >= 4 is 5.97 Å². The Morgan fingerprint density at radius 3 is 2.48 bits per heavy atom. The molecular weight excluding hydrogens is 443 g/mol. The van der Waals surface area contributed by atoms with Crippen molar-refractivity contribution in [1.82, 2.24) is 23.9 Å². The molecule has 0 spiro atoms. The third kappa shape index (κ3) is 4.10. The van der Waals surface area contributed by atoms with Crippen LogP contribution in [-0.4, -0.2) is 37.0 Å². The third-order valence-corrected chi connectivity index (χ3v) is 4.82. The molecule has 0 unspecified atom stereocenters. The highest BCUT2D eigenvalue weighted by atomic mass is 19.1. The van der Waals surface area contributed by atoms with Crippen LogP contribution in [0, 0.1) is 17.5 Å². The summed E-state index contributed by atoms with van der Waals surface area (Å²) in [5.74, 6) is -3.29. The van der Waals surface area contributed by atoms with Gasteiger partial charge in [-0.1, -0.05) is 6.07 Å². The largest absolute Gasteiger partial charge is 0.464 e. The van der Waals surface area contributed by atoms with Gasteiger partial charge in [-0.05, 0) is 24.3 Å². The van der Waals surface area contributed by atoms with E-state index in [2.05, 4.69) is 14.8 Å². The molecule has 4 aromatic rings. The molecule has 2 aromatic heterocycles. The summed E-state index contributed by atoms with van der Waals surface area (Å²) < 4.78 is 55.6. The lowest BCUT2D eigenvalue weighted by Gasteiger charge is -2.08. The molecule has 0 saturated carbocycles. The van der Waals surface area contributed by atoms with Crippen LogP contribution in [0.25, 0.3) is 5.69 Å². The second-order valence-electron chi connectivity index (χ2n) is 6.85. The summed E-state index contributed by atoms with van der Waals surface area (Å²) >= 11 is 0. The van der Waals surface area contributed by atoms with Gasteiger partial charge < -0.3 is 9.47 Å². The van der Waals surface area contributed by atoms with E-state index in [1.54, 1.807) is 0 Å². The molecule has 0 amide bonds. The molecule has 0 radical (unpaired) electrons. The standard InChI is InChI=1S/C21H16F3N5O4/c1-27-17(19(30)32-2)9-25-20(27)33-18-7-6-12(8-16(18)24)29-21(31)28(11-26-29)10-13-14(22)4-3-5-15(13)23/h3-9,11H,10H2,1-2H3. The minimum absolute atomic E-state index is 0.0598. The fourth-order valence-electron chi connectivity index (χ4n) is 3.06. The highest BCUT2D eigenvalue weighted by Gasteiger charge is 2.18. The van der Waals surface area contributed by atoms with Crippen molar-refractivity contribution in [2.75, 3.05) is 7.11 Å². The maximum atomic E-state index is 14.7. The Bertz CT molecular complexity index is 1390. The third-order valence-electron chi connectivity index (χ3n) is 4.82. The first-order valence-electron chi connectivity index (χ1n) is 9.45. The lowest BCUT2D eigenvalue weighted by Crippen LogP contribution is -2.24. The van der Waals surface area contributed by atoms with Crippen LogP contribution in [0.15, 0.2) is 53.7 Å². The maximum absolute atomic E-state index is 14.7. The smallest absolute Gasteiger partial charge is 0.356 e. The maximum Gasteiger partial charge on any atom is 0.356 e. The lowest BCUT2D eigenvalue weighted by atomic mass is 10.2. The van der Waals surface area contributed by atoms with Crippen molar-refractivity contribution in [2.24, 2.45) is 7.05 Å². The summed E-state index contributed by atoms with van der Waals surface area (Å²) in [6.45, 7) is -0.386. The summed E-state index contributed by atoms with van der Waals surface area (Å²) in [6, 6.07) is 6.94. The molecular formula is C21H16F3N5O4. The average Bonchev–Trinajstić information content (AvgIpc) is 3.34. The number of aromatic nitrogens is 5. The first-order chi connectivity index (χ1) is 15.8. The van der Waals surface area contributed by atoms with Gasteiger partial charge in [-0.3, -0.25) is 9.13 Å². The number of nitrogens with zero attached hydrogens (tertiary/aromatic N) is 5. The van der Waals surface area contributed by atoms with E-state index >= 15 is 0 Å². The van der Waals surface area contributed by atoms with E-state index in [9.17, 15) is 22.8 Å². The van der Waals surface area contributed by atoms with Crippen molar-refractivity contribution in [2.45, 2.75) is 6.54 Å². The Morgan fingerprint density at radius 1 is 1.09 bits per heavy atom. The predicted octanol–water partition coefficient (Wildman–Crippen LogP) is 2.81. The van der Waals surface area contributed by atoms with Crippen LogP contribution in [-0.2, 0) is 18.3 Å². The first kappa shape index (κ1) is 21.9. The highest BCUT2D eigenvalue weighted by molar-refractivity contribution is 5.87. The number of hydrogen-bond acceptors (Lipinski definition) is 6. The van der Waals surface area contributed by atoms with Gasteiger partial charge in [0.05, 0.1) is 25.5 Å². The summed E-state index contributed by atoms with van der Waals surface area (Å²) in [5.41, 5.74) is -0.853. The second-order valence-corrected chi connectivity index (χ2v) is 6.85. The van der Waals surface area contributed by atoms with Crippen LogP contribution in [0.1, 0.15) is 16.1 Å². The molecule has 2 aromatic carbocycles. The summed E-state index contributed by atoms with van der Waals surface area (Å²) in [7, 11) is 2.70. The summed E-state index contributed by atoms with van der Waals surface area (Å²) in [6.07, 6.45) is 2.32. The molecule has 0 saturated heterocycles. The number of halogens is 3. The molecule has 0 N–H and O–H groups in total. The number of ether oxygens (including phenoxy) is 2. The van der Waals surface area contributed by atoms with Crippen LogP contribution in [0.5, 0.6) is 11.8 Å². The zero-order valence-corrected chi connectivity index (χ0v) is 17.3. The fourth-order valence-corrected chi connectivity index (χ4v) is 3.06. The second kappa shape index (κ2) is 8.65. The molecule has 0 fully saturated rings. The summed E-state index contributed by atoms with van der Waals surface area (Å²) in [5, 5.41) is 3.89. The molecule has 12 heteroatoms. The minimum Gasteiger partial charge on any atom is -0.464 e. The Hall–Kier alpha value is -4.35. The van der Waals surface area contributed by atoms with E-state index in [-0.39, 0.29) is 35.2 Å². The van der Waals surface area contributed by atoms with E-state index in [0.717, 1.165) is 33.8 Å². The SMILES string of the molecule is COC(=O)c1cnc(Oc2ccc(-n3ncn(Cc4c(F)cccc4F)c3=O)cc2F)n1C. The molecule has 0 aliphatic heterocycles. The molecule has 4 rings (SSSR count). The Kier molecular flexibility index (Phi) is 5.73. The van der Waals surface area contributed by atoms with Crippen LogP contribution in [0.3, 0.4) is 0 Å². The fraction of sp³-hybridized carbons (Fsp3) is 0.143. The van der Waals surface area contributed by atoms with Crippen LogP contribution in [0.4, 0.5) is 13.2 Å². The molecule has 0 aliphatic rings. The highest BCUT2D eigenvalue weighted by Crippen LogP contribution is 2.25. The van der Waals surface area contributed by atoms with Gasteiger partial charge in [0, 0.05) is 18.7 Å². The normalized spacial score (nSPS) is 10.9. The van der Waals surface area contributed by atoms with E-state index in [1.165, 1.54) is 43.1 Å². The quantitative estimate of drug-likeness (QED) is 0.412. The molecule has 2 heterocycles. The van der Waals surface area contributed by atoms with Crippen molar-refractivity contribution in [3.05, 3.63) is 88.1 Å². The van der Waals surface area contributed by atoms with Gasteiger partial charge in [0.25, 0.3) is 0 Å². The van der Waals surface area contributed by atoms with Crippen molar-refractivity contribution in [1.29, 1.82) is 0 Å². The van der Waals surface area contributed by atoms with Gasteiger partial charge in [0.15, 0.2) is 11.6 Å². The number of carbonyl (C=O) groups is 1. The summed E-state index contributed by atoms with van der Waals surface area (Å²) in [4.78, 5) is 28.2. The Labute approximate surface area is 184 Å². The van der Waals surface area contributed by atoms with Crippen LogP contribution < -0.4 is 10.4 Å². The Morgan fingerprint density at radius 2 is 1.82 bits per heavy atom. The zero-order chi connectivity index (χ0) is 23.7. The molecule has 33 heavy (non-hydrogen) atoms. The van der Waals surface area contributed by atoms with E-state index in [1.807, 2.05) is 0 Å². The van der Waals surface area contributed by atoms with Gasteiger partial charge in [-0.15, -0.1) is 0 Å². The van der Waals surface area contributed by atoms with Gasteiger partial charge in [0.1, 0.15) is 23.7 Å². The number of imidazole rings is 1. The van der Waals surface area contributed by atoms with E-state index < -0.39 is 29.1 Å². The number of carbonyl (C=O) groups excluding carboxylic acids is 1. The Balaban J connectivity index is 1.59. The molecule has 0 bridgehead atoms. The molecule has 0 atom stereocenters. The van der Waals surface area contributed by atoms with Crippen LogP contribution >= 0.6 is 0 Å². The monoisotopic (exact) mass is 459 g/mol. The lowest BCUT2D eigenvalue weighted by molar-refractivity contribution is 0.0589. The van der Waals surface area contributed by atoms with Crippen LogP contribution in [0.2, 0.25) is 0 Å². The molecule has 0 aliphatic carbocycles. The van der Waals surface area contributed by atoms with E-state index in [4.69, 9.17) is 4.74 Å². The topological polar surface area (TPSA) is 93.2 Å². The van der Waals surface area contributed by atoms with Gasteiger partial charge in [-0.2, -0.15) is 9.78 Å². The van der Waals surface area contributed by atoms with Crippen molar-refractivity contribution < 1.29 is 27.4 Å². The molecule has 170 valence electrons. The number of rotatable bonds is 6. The molecule has 9 nitrogen and oxygen atoms in total. The minimum atomic E-state index is -0.836. The number of hydrogen-bond donors (Lipinski definition) is 0. The number of esters is 1. The van der Waals surface area contributed by atoms with Gasteiger partial charge in [-0.25, -0.2) is 27.7 Å². The number of benzene rings is 2. The van der Waals surface area contributed by atoms with Crippen molar-refractivity contribution in [3.63, 3.8) is 0 Å². The zero-order valence-electron chi connectivity index (χ0n) is 17.3. The first-order valence-corrected chi connectivity index (χ1v) is 9.45. The van der Waals surface area contributed by atoms with Gasteiger partial charge >= 0.3 is 17.7 Å². The number of methoxy groups -OCH3 is 1. The predicted molar refractivity (Wildman–Crippen MR) is 108 cm³/mol.